The molecule has 0 spiro atoms. The molecule has 0 radical (unpaired) electrons. The molecule has 1 fully saturated rings. The molecular weight excluding hydrogens is 280 g/mol. The summed E-state index contributed by atoms with van der Waals surface area (Å²) < 4.78 is 5.71. The number of nitrogens with one attached hydrogen (secondary N) is 1. The number of benzene rings is 1. The SMILES string of the molecule is CC(=O)N1CCC(C(=O)NC2COc3ccccc3C2)CC1. The maximum atomic E-state index is 12.4. The highest BCUT2D eigenvalue weighted by Gasteiger charge is 2.28. The van der Waals surface area contributed by atoms with Crippen molar-refractivity contribution in [3.63, 3.8) is 0 Å². The van der Waals surface area contributed by atoms with Crippen molar-refractivity contribution in [2.45, 2.75) is 32.2 Å². The van der Waals surface area contributed by atoms with Gasteiger partial charge in [0.05, 0.1) is 6.04 Å². The summed E-state index contributed by atoms with van der Waals surface area (Å²) in [6.45, 7) is 3.46. The third kappa shape index (κ3) is 3.24. The molecule has 1 saturated heterocycles. The van der Waals surface area contributed by atoms with Crippen LogP contribution in [0.1, 0.15) is 25.3 Å². The lowest BCUT2D eigenvalue weighted by Crippen LogP contribution is -2.48. The average molecular weight is 302 g/mol. The van der Waals surface area contributed by atoms with Crippen LogP contribution in [0.15, 0.2) is 24.3 Å². The van der Waals surface area contributed by atoms with Crippen molar-refractivity contribution >= 4 is 11.8 Å². The number of carbonyl (C=O) groups excluding carboxylic acids is 2. The molecule has 5 heteroatoms. The number of amides is 2. The molecule has 0 aliphatic carbocycles. The zero-order valence-corrected chi connectivity index (χ0v) is 12.9. The van der Waals surface area contributed by atoms with Crippen LogP contribution in [0.25, 0.3) is 0 Å². The minimum Gasteiger partial charge on any atom is -0.491 e. The van der Waals surface area contributed by atoms with Gasteiger partial charge in [0.15, 0.2) is 0 Å². The van der Waals surface area contributed by atoms with Crippen LogP contribution in [0.5, 0.6) is 5.75 Å². The minimum absolute atomic E-state index is 0.00719. The van der Waals surface area contributed by atoms with Gasteiger partial charge in [0.2, 0.25) is 11.8 Å². The molecule has 2 aliphatic heterocycles. The lowest BCUT2D eigenvalue weighted by molar-refractivity contribution is -0.134. The molecule has 118 valence electrons. The Morgan fingerprint density at radius 1 is 1.23 bits per heavy atom. The number of carbonyl (C=O) groups is 2. The van der Waals surface area contributed by atoms with Gasteiger partial charge in [-0.25, -0.2) is 0 Å². The van der Waals surface area contributed by atoms with Gasteiger partial charge in [-0.05, 0) is 30.9 Å². The van der Waals surface area contributed by atoms with E-state index < -0.39 is 0 Å². The van der Waals surface area contributed by atoms with Gasteiger partial charge >= 0.3 is 0 Å². The first-order valence-electron chi connectivity index (χ1n) is 7.90. The lowest BCUT2D eigenvalue weighted by atomic mass is 9.94. The standard InChI is InChI=1S/C17H22N2O3/c1-12(20)19-8-6-13(7-9-19)17(21)18-15-10-14-4-2-3-5-16(14)22-11-15/h2-5,13,15H,6-11H2,1H3,(H,18,21). The quantitative estimate of drug-likeness (QED) is 0.897. The van der Waals surface area contributed by atoms with Gasteiger partial charge in [-0.3, -0.25) is 9.59 Å². The summed E-state index contributed by atoms with van der Waals surface area (Å²) >= 11 is 0. The number of para-hydroxylation sites is 1. The van der Waals surface area contributed by atoms with Crippen LogP contribution in [-0.2, 0) is 16.0 Å². The van der Waals surface area contributed by atoms with E-state index in [-0.39, 0.29) is 23.8 Å². The van der Waals surface area contributed by atoms with Crippen molar-refractivity contribution < 1.29 is 14.3 Å². The second-order valence-corrected chi connectivity index (χ2v) is 6.11. The zero-order chi connectivity index (χ0) is 15.5. The summed E-state index contributed by atoms with van der Waals surface area (Å²) in [5.41, 5.74) is 1.14. The molecule has 2 aliphatic rings. The van der Waals surface area contributed by atoms with Crippen molar-refractivity contribution in [2.75, 3.05) is 19.7 Å². The molecule has 0 bridgehead atoms. The molecule has 22 heavy (non-hydrogen) atoms. The fourth-order valence-electron chi connectivity index (χ4n) is 3.20. The number of ether oxygens (including phenoxy) is 1. The molecule has 3 rings (SSSR count). The summed E-state index contributed by atoms with van der Waals surface area (Å²) in [4.78, 5) is 25.5. The summed E-state index contributed by atoms with van der Waals surface area (Å²) in [6, 6.07) is 7.99. The van der Waals surface area contributed by atoms with E-state index in [1.165, 1.54) is 0 Å². The Labute approximate surface area is 130 Å². The van der Waals surface area contributed by atoms with Crippen LogP contribution < -0.4 is 10.1 Å². The van der Waals surface area contributed by atoms with Crippen LogP contribution in [0.3, 0.4) is 0 Å². The summed E-state index contributed by atoms with van der Waals surface area (Å²) in [5.74, 6) is 1.11. The van der Waals surface area contributed by atoms with Crippen LogP contribution >= 0.6 is 0 Å². The molecule has 5 nitrogen and oxygen atoms in total. The zero-order valence-electron chi connectivity index (χ0n) is 12.9. The Morgan fingerprint density at radius 3 is 2.68 bits per heavy atom. The second kappa shape index (κ2) is 6.38. The molecule has 0 aromatic heterocycles. The van der Waals surface area contributed by atoms with E-state index in [2.05, 4.69) is 5.32 Å². The van der Waals surface area contributed by atoms with Crippen molar-refractivity contribution in [1.82, 2.24) is 10.2 Å². The molecule has 1 aromatic rings. The first-order valence-corrected chi connectivity index (χ1v) is 7.90. The number of likely N-dealkylation sites (tertiary alicyclic amines) is 1. The van der Waals surface area contributed by atoms with Crippen molar-refractivity contribution in [3.8, 4) is 5.75 Å². The summed E-state index contributed by atoms with van der Waals surface area (Å²) in [5, 5.41) is 3.11. The monoisotopic (exact) mass is 302 g/mol. The molecule has 1 atom stereocenters. The normalized spacial score (nSPS) is 21.7. The van der Waals surface area contributed by atoms with E-state index in [1.807, 2.05) is 29.2 Å². The number of nitrogens with zero attached hydrogens (tertiary/aromatic N) is 1. The summed E-state index contributed by atoms with van der Waals surface area (Å²) in [7, 11) is 0. The smallest absolute Gasteiger partial charge is 0.223 e. The van der Waals surface area contributed by atoms with Gasteiger partial charge in [-0.2, -0.15) is 0 Å². The topological polar surface area (TPSA) is 58.6 Å². The van der Waals surface area contributed by atoms with Gasteiger partial charge in [-0.1, -0.05) is 18.2 Å². The largest absolute Gasteiger partial charge is 0.491 e. The fraction of sp³-hybridized carbons (Fsp3) is 0.529. The first kappa shape index (κ1) is 14.9. The number of piperidine rings is 1. The van der Waals surface area contributed by atoms with Gasteiger partial charge < -0.3 is 15.0 Å². The van der Waals surface area contributed by atoms with Crippen LogP contribution in [-0.4, -0.2) is 42.5 Å². The van der Waals surface area contributed by atoms with Crippen LogP contribution in [0.4, 0.5) is 0 Å². The predicted molar refractivity (Wildman–Crippen MR) is 82.5 cm³/mol. The lowest BCUT2D eigenvalue weighted by Gasteiger charge is -2.32. The van der Waals surface area contributed by atoms with E-state index in [0.29, 0.717) is 19.7 Å². The maximum Gasteiger partial charge on any atom is 0.223 e. The maximum absolute atomic E-state index is 12.4. The van der Waals surface area contributed by atoms with E-state index in [4.69, 9.17) is 4.74 Å². The van der Waals surface area contributed by atoms with E-state index >= 15 is 0 Å². The van der Waals surface area contributed by atoms with Crippen molar-refractivity contribution in [3.05, 3.63) is 29.8 Å². The Balaban J connectivity index is 1.52. The van der Waals surface area contributed by atoms with Crippen LogP contribution in [0.2, 0.25) is 0 Å². The average Bonchev–Trinajstić information content (AvgIpc) is 2.55. The molecule has 1 aromatic carbocycles. The Kier molecular flexibility index (Phi) is 4.32. The Bertz CT molecular complexity index is 565. The van der Waals surface area contributed by atoms with E-state index in [9.17, 15) is 9.59 Å². The highest BCUT2D eigenvalue weighted by atomic mass is 16.5. The minimum atomic E-state index is 0.00719. The Hall–Kier alpha value is -2.04. The van der Waals surface area contributed by atoms with Crippen LogP contribution in [0, 0.1) is 5.92 Å². The van der Waals surface area contributed by atoms with E-state index in [0.717, 1.165) is 30.6 Å². The van der Waals surface area contributed by atoms with Gasteiger partial charge in [0.25, 0.3) is 0 Å². The van der Waals surface area contributed by atoms with Crippen molar-refractivity contribution in [1.29, 1.82) is 0 Å². The highest BCUT2D eigenvalue weighted by molar-refractivity contribution is 5.80. The van der Waals surface area contributed by atoms with Crippen molar-refractivity contribution in [2.24, 2.45) is 5.92 Å². The molecule has 1 N–H and O–H groups in total. The molecular formula is C17H22N2O3. The molecule has 2 amide bonds. The second-order valence-electron chi connectivity index (χ2n) is 6.11. The van der Waals surface area contributed by atoms with Gasteiger partial charge in [-0.15, -0.1) is 0 Å². The van der Waals surface area contributed by atoms with Gasteiger partial charge in [0, 0.05) is 25.9 Å². The first-order chi connectivity index (χ1) is 10.6. The molecule has 2 heterocycles. The third-order valence-electron chi connectivity index (χ3n) is 4.54. The summed E-state index contributed by atoms with van der Waals surface area (Å²) in [6.07, 6.45) is 2.30. The molecule has 0 saturated carbocycles. The highest BCUT2D eigenvalue weighted by Crippen LogP contribution is 2.24. The predicted octanol–water partition coefficient (Wildman–Crippen LogP) is 1.36. The number of hydrogen-bond donors (Lipinski definition) is 1. The fourth-order valence-corrected chi connectivity index (χ4v) is 3.20. The Morgan fingerprint density at radius 2 is 1.95 bits per heavy atom. The number of hydrogen-bond acceptors (Lipinski definition) is 3. The van der Waals surface area contributed by atoms with Gasteiger partial charge in [0.1, 0.15) is 12.4 Å². The molecule has 1 unspecified atom stereocenters. The third-order valence-corrected chi connectivity index (χ3v) is 4.54. The van der Waals surface area contributed by atoms with E-state index in [1.54, 1.807) is 6.92 Å². The number of rotatable bonds is 2. The number of fused-ring (bicyclic) bond motifs is 1.